The van der Waals surface area contributed by atoms with Crippen molar-refractivity contribution >= 4 is 40.5 Å². The highest BCUT2D eigenvalue weighted by molar-refractivity contribution is 6.07. The van der Waals surface area contributed by atoms with Crippen LogP contribution >= 0.6 is 0 Å². The van der Waals surface area contributed by atoms with Crippen LogP contribution in [0.25, 0.3) is 0 Å². The molecule has 8 nitrogen and oxygen atoms in total. The number of amides is 3. The van der Waals surface area contributed by atoms with Crippen molar-refractivity contribution in [1.29, 1.82) is 0 Å². The molecule has 0 aromatic heterocycles. The molecule has 1 heterocycles. The number of hydrogen-bond donors (Lipinski definition) is 3. The van der Waals surface area contributed by atoms with Gasteiger partial charge in [0.1, 0.15) is 6.61 Å². The van der Waals surface area contributed by atoms with Gasteiger partial charge in [0.05, 0.1) is 6.61 Å². The molecule has 0 atom stereocenters. The molecule has 0 aliphatic carbocycles. The van der Waals surface area contributed by atoms with Crippen molar-refractivity contribution in [3.05, 3.63) is 83.9 Å². The number of nitrogens with zero attached hydrogens (tertiary/aromatic N) is 1. The molecule has 0 spiro atoms. The van der Waals surface area contributed by atoms with Crippen LogP contribution in [0.3, 0.4) is 0 Å². The molecule has 4 N–H and O–H groups in total. The lowest BCUT2D eigenvalue weighted by Gasteiger charge is -2.26. The van der Waals surface area contributed by atoms with Gasteiger partial charge in [0, 0.05) is 40.4 Å². The Morgan fingerprint density at radius 3 is 2.19 bits per heavy atom. The van der Waals surface area contributed by atoms with Gasteiger partial charge >= 0.3 is 0 Å². The number of ether oxygens (including phenoxy) is 1. The first kappa shape index (κ1) is 21.1. The number of carbonyl (C=O) groups excluding carboxylic acids is 3. The average Bonchev–Trinajstić information content (AvgIpc) is 2.80. The third-order valence-electron chi connectivity index (χ3n) is 4.95. The van der Waals surface area contributed by atoms with Crippen LogP contribution in [0, 0.1) is 0 Å². The first-order valence-electron chi connectivity index (χ1n) is 10.1. The average molecular weight is 430 g/mol. The number of anilines is 4. The fourth-order valence-corrected chi connectivity index (χ4v) is 3.34. The molecule has 3 aromatic rings. The molecule has 3 amide bonds. The third-order valence-corrected chi connectivity index (χ3v) is 4.95. The summed E-state index contributed by atoms with van der Waals surface area (Å²) in [7, 11) is 0. The van der Waals surface area contributed by atoms with Gasteiger partial charge in [0.25, 0.3) is 17.7 Å². The Morgan fingerprint density at radius 2 is 1.50 bits per heavy atom. The van der Waals surface area contributed by atoms with Crippen molar-refractivity contribution in [2.45, 2.75) is 0 Å². The number of carbonyl (C=O) groups is 3. The van der Waals surface area contributed by atoms with Crippen molar-refractivity contribution in [3.8, 4) is 0 Å². The van der Waals surface area contributed by atoms with E-state index in [0.29, 0.717) is 41.3 Å². The number of nitrogens with two attached hydrogens (primary N) is 1. The second kappa shape index (κ2) is 9.32. The second-order valence-electron chi connectivity index (χ2n) is 7.26. The summed E-state index contributed by atoms with van der Waals surface area (Å²) in [6.07, 6.45) is 0. The number of morpholine rings is 1. The van der Waals surface area contributed by atoms with Crippen molar-refractivity contribution < 1.29 is 19.1 Å². The summed E-state index contributed by atoms with van der Waals surface area (Å²) < 4.78 is 5.14. The van der Waals surface area contributed by atoms with Gasteiger partial charge in [-0.1, -0.05) is 12.1 Å². The maximum atomic E-state index is 12.7. The van der Waals surface area contributed by atoms with E-state index in [4.69, 9.17) is 10.5 Å². The van der Waals surface area contributed by atoms with E-state index < -0.39 is 0 Å². The molecular weight excluding hydrogens is 408 g/mol. The van der Waals surface area contributed by atoms with Crippen molar-refractivity contribution in [2.24, 2.45) is 0 Å². The zero-order valence-corrected chi connectivity index (χ0v) is 17.2. The Bertz CT molecular complexity index is 1160. The zero-order chi connectivity index (χ0) is 22.5. The highest BCUT2D eigenvalue weighted by Crippen LogP contribution is 2.21. The largest absolute Gasteiger partial charge is 0.399 e. The van der Waals surface area contributed by atoms with Gasteiger partial charge in [0.2, 0.25) is 0 Å². The molecule has 0 unspecified atom stereocenters. The molecule has 0 radical (unpaired) electrons. The Hall–Kier alpha value is -4.17. The van der Waals surface area contributed by atoms with Crippen molar-refractivity contribution in [2.75, 3.05) is 41.0 Å². The molecule has 0 saturated carbocycles. The van der Waals surface area contributed by atoms with Gasteiger partial charge in [0.15, 0.2) is 0 Å². The van der Waals surface area contributed by atoms with E-state index >= 15 is 0 Å². The first-order chi connectivity index (χ1) is 15.5. The van der Waals surface area contributed by atoms with Gasteiger partial charge in [-0.25, -0.2) is 0 Å². The monoisotopic (exact) mass is 430 g/mol. The topological polar surface area (TPSA) is 114 Å². The minimum Gasteiger partial charge on any atom is -0.399 e. The Morgan fingerprint density at radius 1 is 0.844 bits per heavy atom. The van der Waals surface area contributed by atoms with Gasteiger partial charge in [-0.2, -0.15) is 0 Å². The van der Waals surface area contributed by atoms with E-state index in [-0.39, 0.29) is 24.3 Å². The molecule has 1 fully saturated rings. The highest BCUT2D eigenvalue weighted by atomic mass is 16.5. The molecule has 32 heavy (non-hydrogen) atoms. The molecule has 162 valence electrons. The number of nitrogen functional groups attached to an aromatic ring is 1. The standard InChI is InChI=1S/C24H22N4O4/c25-18-5-1-3-16(13-18)23(30)27-20-6-2-4-17(14-20)24(31)26-19-7-9-21(10-8-19)28-11-12-32-15-22(28)29/h1-10,13-14H,11-12,15,25H2,(H,26,31)(H,27,30). The number of rotatable bonds is 5. The summed E-state index contributed by atoms with van der Waals surface area (Å²) in [4.78, 5) is 38.7. The molecule has 1 saturated heterocycles. The summed E-state index contributed by atoms with van der Waals surface area (Å²) in [6, 6.07) is 20.3. The lowest BCUT2D eigenvalue weighted by atomic mass is 10.1. The Kier molecular flexibility index (Phi) is 6.14. The van der Waals surface area contributed by atoms with Crippen molar-refractivity contribution in [3.63, 3.8) is 0 Å². The normalized spacial score (nSPS) is 13.5. The fraction of sp³-hybridized carbons (Fsp3) is 0.125. The molecule has 4 rings (SSSR count). The van der Waals surface area contributed by atoms with Crippen LogP contribution < -0.4 is 21.3 Å². The van der Waals surface area contributed by atoms with Crippen LogP contribution in [0.5, 0.6) is 0 Å². The fourth-order valence-electron chi connectivity index (χ4n) is 3.34. The van der Waals surface area contributed by atoms with Gasteiger partial charge < -0.3 is 26.0 Å². The zero-order valence-electron chi connectivity index (χ0n) is 17.2. The smallest absolute Gasteiger partial charge is 0.255 e. The van der Waals surface area contributed by atoms with Crippen LogP contribution in [0.4, 0.5) is 22.7 Å². The SMILES string of the molecule is Nc1cccc(C(=O)Nc2cccc(C(=O)Nc3ccc(N4CCOCC4=O)cc3)c2)c1. The maximum absolute atomic E-state index is 12.7. The molecule has 3 aromatic carbocycles. The maximum Gasteiger partial charge on any atom is 0.255 e. The molecule has 8 heteroatoms. The van der Waals surface area contributed by atoms with Gasteiger partial charge in [-0.15, -0.1) is 0 Å². The van der Waals surface area contributed by atoms with Crippen LogP contribution in [-0.4, -0.2) is 37.5 Å². The van der Waals surface area contributed by atoms with E-state index in [1.54, 1.807) is 77.7 Å². The summed E-state index contributed by atoms with van der Waals surface area (Å²) in [5, 5.41) is 5.59. The minimum atomic E-state index is -0.319. The summed E-state index contributed by atoms with van der Waals surface area (Å²) >= 11 is 0. The lowest BCUT2D eigenvalue weighted by Crippen LogP contribution is -2.41. The van der Waals surface area contributed by atoms with Gasteiger partial charge in [-0.3, -0.25) is 14.4 Å². The van der Waals surface area contributed by atoms with E-state index in [9.17, 15) is 14.4 Å². The predicted molar refractivity (Wildman–Crippen MR) is 123 cm³/mol. The lowest BCUT2D eigenvalue weighted by molar-refractivity contribution is -0.125. The van der Waals surface area contributed by atoms with E-state index in [2.05, 4.69) is 10.6 Å². The summed E-state index contributed by atoms with van der Waals surface area (Å²) in [5.41, 5.74) is 8.88. The molecular formula is C24H22N4O4. The van der Waals surface area contributed by atoms with Crippen molar-refractivity contribution in [1.82, 2.24) is 0 Å². The molecule has 1 aliphatic heterocycles. The van der Waals surface area contributed by atoms with E-state index in [1.165, 1.54) is 0 Å². The van der Waals surface area contributed by atoms with Crippen LogP contribution in [-0.2, 0) is 9.53 Å². The Balaban J connectivity index is 1.41. The number of hydrogen-bond acceptors (Lipinski definition) is 5. The third kappa shape index (κ3) is 4.93. The predicted octanol–water partition coefficient (Wildman–Crippen LogP) is 3.14. The second-order valence-corrected chi connectivity index (χ2v) is 7.26. The van der Waals surface area contributed by atoms with Crippen LogP contribution in [0.1, 0.15) is 20.7 Å². The number of nitrogens with one attached hydrogen (secondary N) is 2. The van der Waals surface area contributed by atoms with E-state index in [0.717, 1.165) is 5.69 Å². The van der Waals surface area contributed by atoms with E-state index in [1.807, 2.05) is 0 Å². The first-order valence-corrected chi connectivity index (χ1v) is 10.1. The summed E-state index contributed by atoms with van der Waals surface area (Å²) in [5.74, 6) is -0.728. The number of benzene rings is 3. The highest BCUT2D eigenvalue weighted by Gasteiger charge is 2.20. The van der Waals surface area contributed by atoms with Crippen LogP contribution in [0.15, 0.2) is 72.8 Å². The minimum absolute atomic E-state index is 0.0724. The van der Waals surface area contributed by atoms with Crippen LogP contribution in [0.2, 0.25) is 0 Å². The van der Waals surface area contributed by atoms with Gasteiger partial charge in [-0.05, 0) is 60.7 Å². The molecule has 1 aliphatic rings. The summed E-state index contributed by atoms with van der Waals surface area (Å²) in [6.45, 7) is 1.07. The quantitative estimate of drug-likeness (QED) is 0.538. The Labute approximate surface area is 185 Å². The molecule has 0 bridgehead atoms.